The number of nitrogens with one attached hydrogen (secondary N) is 1. The van der Waals surface area contributed by atoms with Gasteiger partial charge in [-0.3, -0.25) is 4.90 Å². The van der Waals surface area contributed by atoms with Crippen molar-refractivity contribution in [2.24, 2.45) is 5.41 Å². The zero-order valence-corrected chi connectivity index (χ0v) is 11.6. The van der Waals surface area contributed by atoms with E-state index in [1.807, 2.05) is 0 Å². The molecule has 1 unspecified atom stereocenters. The van der Waals surface area contributed by atoms with E-state index in [-0.39, 0.29) is 0 Å². The number of nitrogens with zero attached hydrogens (tertiary/aromatic N) is 1. The molecule has 1 saturated heterocycles. The Labute approximate surface area is 106 Å². The maximum Gasteiger partial charge on any atom is 0.0281 e. The van der Waals surface area contributed by atoms with Crippen LogP contribution in [-0.2, 0) is 0 Å². The molecule has 17 heavy (non-hydrogen) atoms. The van der Waals surface area contributed by atoms with Gasteiger partial charge in [-0.15, -0.1) is 0 Å². The Kier molecular flexibility index (Phi) is 2.99. The molecule has 3 rings (SSSR count). The second-order valence-corrected chi connectivity index (χ2v) is 7.16. The molecule has 98 valence electrons. The average Bonchev–Trinajstić information content (AvgIpc) is 2.31. The molecular weight excluding hydrogens is 208 g/mol. The van der Waals surface area contributed by atoms with Gasteiger partial charge in [-0.2, -0.15) is 0 Å². The zero-order valence-electron chi connectivity index (χ0n) is 11.6. The van der Waals surface area contributed by atoms with E-state index in [2.05, 4.69) is 24.1 Å². The van der Waals surface area contributed by atoms with E-state index in [9.17, 15) is 0 Å². The molecule has 0 aromatic rings. The summed E-state index contributed by atoms with van der Waals surface area (Å²) in [5.74, 6) is 0. The van der Waals surface area contributed by atoms with Gasteiger partial charge in [0.1, 0.15) is 0 Å². The topological polar surface area (TPSA) is 15.3 Å². The van der Waals surface area contributed by atoms with Crippen LogP contribution in [0, 0.1) is 5.41 Å². The van der Waals surface area contributed by atoms with Crippen molar-refractivity contribution in [2.75, 3.05) is 19.6 Å². The van der Waals surface area contributed by atoms with Gasteiger partial charge in [-0.1, -0.05) is 19.3 Å². The van der Waals surface area contributed by atoms with Crippen LogP contribution >= 0.6 is 0 Å². The third kappa shape index (κ3) is 1.94. The van der Waals surface area contributed by atoms with Crippen molar-refractivity contribution in [2.45, 2.75) is 70.4 Å². The van der Waals surface area contributed by atoms with Gasteiger partial charge in [0, 0.05) is 31.2 Å². The fourth-order valence-corrected chi connectivity index (χ4v) is 4.58. The minimum atomic E-state index is 0.369. The van der Waals surface area contributed by atoms with Crippen LogP contribution in [0.2, 0.25) is 0 Å². The summed E-state index contributed by atoms with van der Waals surface area (Å²) >= 11 is 0. The molecule has 2 saturated carbocycles. The molecular formula is C15H28N2. The van der Waals surface area contributed by atoms with E-state index in [0.717, 1.165) is 11.5 Å². The predicted octanol–water partition coefficient (Wildman–Crippen LogP) is 2.78. The quantitative estimate of drug-likeness (QED) is 0.753. The predicted molar refractivity (Wildman–Crippen MR) is 72.2 cm³/mol. The van der Waals surface area contributed by atoms with Crippen LogP contribution in [0.1, 0.15) is 58.8 Å². The Balaban J connectivity index is 1.75. The fourth-order valence-electron chi connectivity index (χ4n) is 4.58. The minimum Gasteiger partial charge on any atom is -0.314 e. The summed E-state index contributed by atoms with van der Waals surface area (Å²) in [6.45, 7) is 8.47. The van der Waals surface area contributed by atoms with Crippen molar-refractivity contribution < 1.29 is 0 Å². The van der Waals surface area contributed by atoms with E-state index >= 15 is 0 Å². The van der Waals surface area contributed by atoms with Crippen molar-refractivity contribution in [3.05, 3.63) is 0 Å². The molecule has 3 fully saturated rings. The summed E-state index contributed by atoms with van der Waals surface area (Å²) in [4.78, 5) is 2.85. The Bertz CT molecular complexity index is 279. The van der Waals surface area contributed by atoms with Crippen LogP contribution in [0.4, 0.5) is 0 Å². The third-order valence-corrected chi connectivity index (χ3v) is 5.71. The maximum absolute atomic E-state index is 3.56. The van der Waals surface area contributed by atoms with Crippen LogP contribution in [0.5, 0.6) is 0 Å². The van der Waals surface area contributed by atoms with Crippen LogP contribution in [0.25, 0.3) is 0 Å². The lowest BCUT2D eigenvalue weighted by atomic mass is 9.56. The normalized spacial score (nSPS) is 36.7. The lowest BCUT2D eigenvalue weighted by molar-refractivity contribution is -0.0991. The first-order valence-electron chi connectivity index (χ1n) is 7.62. The van der Waals surface area contributed by atoms with Crippen molar-refractivity contribution in [1.29, 1.82) is 0 Å². The van der Waals surface area contributed by atoms with E-state index in [4.69, 9.17) is 0 Å². The second kappa shape index (κ2) is 4.24. The molecule has 1 aliphatic heterocycles. The van der Waals surface area contributed by atoms with Crippen LogP contribution in [0.15, 0.2) is 0 Å². The summed E-state index contributed by atoms with van der Waals surface area (Å²) in [5.41, 5.74) is 1.10. The Morgan fingerprint density at radius 3 is 2.41 bits per heavy atom. The highest BCUT2D eigenvalue weighted by Crippen LogP contribution is 2.55. The number of rotatable bonds is 1. The van der Waals surface area contributed by atoms with Crippen molar-refractivity contribution >= 4 is 0 Å². The molecule has 0 radical (unpaired) electrons. The van der Waals surface area contributed by atoms with E-state index in [0.29, 0.717) is 5.54 Å². The molecule has 1 N–H and O–H groups in total. The molecule has 0 bridgehead atoms. The molecule has 0 aromatic heterocycles. The van der Waals surface area contributed by atoms with Crippen LogP contribution in [-0.4, -0.2) is 36.1 Å². The molecule has 2 heteroatoms. The molecule has 0 aromatic carbocycles. The van der Waals surface area contributed by atoms with E-state index in [1.165, 1.54) is 64.6 Å². The average molecular weight is 236 g/mol. The van der Waals surface area contributed by atoms with Gasteiger partial charge >= 0.3 is 0 Å². The first-order chi connectivity index (χ1) is 8.14. The summed E-state index contributed by atoms with van der Waals surface area (Å²) in [6, 6.07) is 0.903. The molecule has 1 spiro atoms. The van der Waals surface area contributed by atoms with Crippen LogP contribution < -0.4 is 5.32 Å². The number of hydrogen-bond donors (Lipinski definition) is 1. The SMILES string of the molecule is CC1(C)CNCCN1C1CCC12CCCCC2. The lowest BCUT2D eigenvalue weighted by Gasteiger charge is -2.61. The first-order valence-corrected chi connectivity index (χ1v) is 7.62. The molecule has 0 amide bonds. The van der Waals surface area contributed by atoms with Gasteiger partial charge in [0.2, 0.25) is 0 Å². The van der Waals surface area contributed by atoms with Gasteiger partial charge < -0.3 is 5.32 Å². The highest BCUT2D eigenvalue weighted by molar-refractivity contribution is 5.06. The molecule has 2 nitrogen and oxygen atoms in total. The van der Waals surface area contributed by atoms with Crippen molar-refractivity contribution in [3.8, 4) is 0 Å². The molecule has 2 aliphatic carbocycles. The molecule has 3 aliphatic rings. The summed E-state index contributed by atoms with van der Waals surface area (Å²) in [6.07, 6.45) is 10.5. The highest BCUT2D eigenvalue weighted by atomic mass is 15.3. The zero-order chi connectivity index (χ0) is 11.9. The van der Waals surface area contributed by atoms with E-state index < -0.39 is 0 Å². The van der Waals surface area contributed by atoms with Crippen LogP contribution in [0.3, 0.4) is 0 Å². The first kappa shape index (κ1) is 12.0. The lowest BCUT2D eigenvalue weighted by Crippen LogP contribution is -2.67. The largest absolute Gasteiger partial charge is 0.314 e. The van der Waals surface area contributed by atoms with Crippen molar-refractivity contribution in [3.63, 3.8) is 0 Å². The second-order valence-electron chi connectivity index (χ2n) is 7.16. The monoisotopic (exact) mass is 236 g/mol. The highest BCUT2D eigenvalue weighted by Gasteiger charge is 2.52. The standard InChI is InChI=1S/C15H28N2/c1-14(2)12-16-10-11-17(14)13-6-9-15(13)7-4-3-5-8-15/h13,16H,3-12H2,1-2H3. The molecule has 1 atom stereocenters. The fraction of sp³-hybridized carbons (Fsp3) is 1.00. The number of hydrogen-bond acceptors (Lipinski definition) is 2. The summed E-state index contributed by atoms with van der Waals surface area (Å²) < 4.78 is 0. The van der Waals surface area contributed by atoms with Gasteiger partial charge in [-0.25, -0.2) is 0 Å². The van der Waals surface area contributed by atoms with Crippen molar-refractivity contribution in [1.82, 2.24) is 10.2 Å². The third-order valence-electron chi connectivity index (χ3n) is 5.71. The van der Waals surface area contributed by atoms with E-state index in [1.54, 1.807) is 0 Å². The Hall–Kier alpha value is -0.0800. The van der Waals surface area contributed by atoms with Gasteiger partial charge in [-0.05, 0) is 44.9 Å². The smallest absolute Gasteiger partial charge is 0.0281 e. The summed E-state index contributed by atoms with van der Waals surface area (Å²) in [7, 11) is 0. The Morgan fingerprint density at radius 2 is 1.82 bits per heavy atom. The number of piperazine rings is 1. The van der Waals surface area contributed by atoms with Gasteiger partial charge in [0.25, 0.3) is 0 Å². The Morgan fingerprint density at radius 1 is 1.06 bits per heavy atom. The van der Waals surface area contributed by atoms with Gasteiger partial charge in [0.15, 0.2) is 0 Å². The maximum atomic E-state index is 3.56. The minimum absolute atomic E-state index is 0.369. The van der Waals surface area contributed by atoms with Gasteiger partial charge in [0.05, 0.1) is 0 Å². The summed E-state index contributed by atoms with van der Waals surface area (Å²) in [5, 5.41) is 3.56. The molecule has 1 heterocycles.